The van der Waals surface area contributed by atoms with Gasteiger partial charge in [-0.05, 0) is 25.3 Å². The summed E-state index contributed by atoms with van der Waals surface area (Å²) in [5.41, 5.74) is 6.70. The summed E-state index contributed by atoms with van der Waals surface area (Å²) in [5.74, 6) is -0.403. The Balaban J connectivity index is 3.10. The molecule has 0 amide bonds. The third-order valence-electron chi connectivity index (χ3n) is 3.65. The van der Waals surface area contributed by atoms with E-state index in [-0.39, 0.29) is 12.3 Å². The molecule has 5 nitrogen and oxygen atoms in total. The molecule has 0 aromatic heterocycles. The standard InChI is InChI=1S/C15H23NO4S/c1-12-5-7-13(8-6-12)15(11-16,14(17)20-2)9-4-10-21(3,18)19/h5-8H,4,9-11,16H2,1-3H3. The van der Waals surface area contributed by atoms with Gasteiger partial charge in [0, 0.05) is 18.6 Å². The van der Waals surface area contributed by atoms with Crippen LogP contribution in [-0.4, -0.2) is 40.1 Å². The van der Waals surface area contributed by atoms with Crippen LogP contribution in [0.5, 0.6) is 0 Å². The van der Waals surface area contributed by atoms with Crippen molar-refractivity contribution in [3.8, 4) is 0 Å². The number of hydrogen-bond donors (Lipinski definition) is 1. The zero-order chi connectivity index (χ0) is 16.1. The number of esters is 1. The van der Waals surface area contributed by atoms with Crippen molar-refractivity contribution in [3.63, 3.8) is 0 Å². The van der Waals surface area contributed by atoms with Crippen molar-refractivity contribution >= 4 is 15.8 Å². The molecule has 0 heterocycles. The fourth-order valence-electron chi connectivity index (χ4n) is 2.37. The van der Waals surface area contributed by atoms with Crippen LogP contribution in [0.15, 0.2) is 24.3 Å². The molecule has 6 heteroatoms. The van der Waals surface area contributed by atoms with E-state index in [0.29, 0.717) is 12.8 Å². The van der Waals surface area contributed by atoms with Crippen molar-refractivity contribution in [3.05, 3.63) is 35.4 Å². The van der Waals surface area contributed by atoms with Crippen LogP contribution < -0.4 is 5.73 Å². The zero-order valence-corrected chi connectivity index (χ0v) is 13.6. The summed E-state index contributed by atoms with van der Waals surface area (Å²) in [4.78, 5) is 12.3. The molecule has 0 fully saturated rings. The van der Waals surface area contributed by atoms with Gasteiger partial charge in [-0.15, -0.1) is 0 Å². The number of rotatable bonds is 7. The van der Waals surface area contributed by atoms with Gasteiger partial charge >= 0.3 is 5.97 Å². The van der Waals surface area contributed by atoms with Gasteiger partial charge in [0.25, 0.3) is 0 Å². The van der Waals surface area contributed by atoms with Crippen LogP contribution >= 0.6 is 0 Å². The summed E-state index contributed by atoms with van der Waals surface area (Å²) in [5, 5.41) is 0. The van der Waals surface area contributed by atoms with Crippen LogP contribution in [0, 0.1) is 6.92 Å². The minimum absolute atomic E-state index is 0.0254. The Labute approximate surface area is 126 Å². The molecule has 0 aliphatic heterocycles. The molecule has 2 N–H and O–H groups in total. The van der Waals surface area contributed by atoms with Crippen LogP contribution in [0.3, 0.4) is 0 Å². The highest BCUT2D eigenvalue weighted by molar-refractivity contribution is 7.90. The predicted octanol–water partition coefficient (Wildman–Crippen LogP) is 1.19. The SMILES string of the molecule is COC(=O)C(CN)(CCCS(C)(=O)=O)c1ccc(C)cc1. The number of aryl methyl sites for hydroxylation is 1. The molecule has 21 heavy (non-hydrogen) atoms. The predicted molar refractivity (Wildman–Crippen MR) is 82.9 cm³/mol. The molecule has 1 atom stereocenters. The number of carbonyl (C=O) groups is 1. The van der Waals surface area contributed by atoms with Gasteiger partial charge in [0.15, 0.2) is 0 Å². The lowest BCUT2D eigenvalue weighted by Gasteiger charge is -2.30. The van der Waals surface area contributed by atoms with E-state index in [1.54, 1.807) is 0 Å². The molecular formula is C15H23NO4S. The van der Waals surface area contributed by atoms with Gasteiger partial charge in [-0.25, -0.2) is 8.42 Å². The maximum absolute atomic E-state index is 12.3. The average molecular weight is 313 g/mol. The van der Waals surface area contributed by atoms with Gasteiger partial charge < -0.3 is 10.5 Å². The van der Waals surface area contributed by atoms with Crippen molar-refractivity contribution in [2.75, 3.05) is 25.7 Å². The maximum Gasteiger partial charge on any atom is 0.317 e. The van der Waals surface area contributed by atoms with Crippen molar-refractivity contribution in [1.82, 2.24) is 0 Å². The Hall–Kier alpha value is -1.40. The highest BCUT2D eigenvalue weighted by atomic mass is 32.2. The van der Waals surface area contributed by atoms with Crippen molar-refractivity contribution < 1.29 is 17.9 Å². The first-order valence-corrected chi connectivity index (χ1v) is 8.84. The topological polar surface area (TPSA) is 86.5 Å². The Morgan fingerprint density at radius 3 is 2.29 bits per heavy atom. The van der Waals surface area contributed by atoms with E-state index < -0.39 is 21.2 Å². The smallest absolute Gasteiger partial charge is 0.317 e. The highest BCUT2D eigenvalue weighted by Gasteiger charge is 2.39. The molecule has 0 radical (unpaired) electrons. The van der Waals surface area contributed by atoms with E-state index in [1.165, 1.54) is 13.4 Å². The van der Waals surface area contributed by atoms with E-state index in [9.17, 15) is 13.2 Å². The molecule has 1 rings (SSSR count). The molecule has 0 aliphatic carbocycles. The number of benzene rings is 1. The van der Waals surface area contributed by atoms with Crippen LogP contribution in [0.1, 0.15) is 24.0 Å². The lowest BCUT2D eigenvalue weighted by Crippen LogP contribution is -2.44. The van der Waals surface area contributed by atoms with Gasteiger partial charge in [0.2, 0.25) is 0 Å². The molecule has 118 valence electrons. The van der Waals surface area contributed by atoms with Gasteiger partial charge in [-0.2, -0.15) is 0 Å². The Bertz CT molecular complexity index is 580. The second kappa shape index (κ2) is 7.04. The van der Waals surface area contributed by atoms with Crippen LogP contribution in [0.2, 0.25) is 0 Å². The number of carbonyl (C=O) groups excluding carboxylic acids is 1. The summed E-state index contributed by atoms with van der Waals surface area (Å²) in [6.45, 7) is 2.03. The van der Waals surface area contributed by atoms with Gasteiger partial charge in [0.05, 0.1) is 7.11 Å². The molecule has 0 saturated carbocycles. The van der Waals surface area contributed by atoms with E-state index in [1.807, 2.05) is 31.2 Å². The molecule has 1 aromatic rings. The Morgan fingerprint density at radius 2 is 1.86 bits per heavy atom. The second-order valence-corrected chi connectivity index (χ2v) is 7.64. The molecule has 1 aromatic carbocycles. The molecule has 0 saturated heterocycles. The fourth-order valence-corrected chi connectivity index (χ4v) is 3.04. The molecular weight excluding hydrogens is 290 g/mol. The van der Waals surface area contributed by atoms with E-state index in [0.717, 1.165) is 11.1 Å². The maximum atomic E-state index is 12.3. The molecule has 0 aliphatic rings. The number of ether oxygens (including phenoxy) is 1. The first-order chi connectivity index (χ1) is 9.75. The monoisotopic (exact) mass is 313 g/mol. The van der Waals surface area contributed by atoms with E-state index >= 15 is 0 Å². The van der Waals surface area contributed by atoms with Gasteiger partial charge in [0.1, 0.15) is 15.3 Å². The van der Waals surface area contributed by atoms with E-state index in [4.69, 9.17) is 10.5 Å². The minimum Gasteiger partial charge on any atom is -0.468 e. The summed E-state index contributed by atoms with van der Waals surface area (Å²) in [7, 11) is -1.75. The number of hydrogen-bond acceptors (Lipinski definition) is 5. The first kappa shape index (κ1) is 17.7. The van der Waals surface area contributed by atoms with Crippen molar-refractivity contribution in [2.45, 2.75) is 25.2 Å². The van der Waals surface area contributed by atoms with E-state index in [2.05, 4.69) is 0 Å². The molecule has 0 spiro atoms. The van der Waals surface area contributed by atoms with Gasteiger partial charge in [-0.3, -0.25) is 4.79 Å². The van der Waals surface area contributed by atoms with Crippen LogP contribution in [0.25, 0.3) is 0 Å². The summed E-state index contributed by atoms with van der Waals surface area (Å²) < 4.78 is 27.5. The summed E-state index contributed by atoms with van der Waals surface area (Å²) in [6.07, 6.45) is 1.88. The molecule has 1 unspecified atom stereocenters. The summed E-state index contributed by atoms with van der Waals surface area (Å²) in [6, 6.07) is 7.50. The van der Waals surface area contributed by atoms with Crippen LogP contribution in [-0.2, 0) is 24.8 Å². The van der Waals surface area contributed by atoms with Gasteiger partial charge in [-0.1, -0.05) is 29.8 Å². The second-order valence-electron chi connectivity index (χ2n) is 5.38. The average Bonchev–Trinajstić information content (AvgIpc) is 2.43. The Morgan fingerprint density at radius 1 is 1.29 bits per heavy atom. The lowest BCUT2D eigenvalue weighted by atomic mass is 9.76. The van der Waals surface area contributed by atoms with Crippen molar-refractivity contribution in [2.24, 2.45) is 5.73 Å². The normalized spacial score (nSPS) is 14.5. The third kappa shape index (κ3) is 4.54. The first-order valence-electron chi connectivity index (χ1n) is 6.78. The zero-order valence-electron chi connectivity index (χ0n) is 12.8. The summed E-state index contributed by atoms with van der Waals surface area (Å²) >= 11 is 0. The minimum atomic E-state index is -3.07. The highest BCUT2D eigenvalue weighted by Crippen LogP contribution is 2.30. The van der Waals surface area contributed by atoms with Crippen molar-refractivity contribution in [1.29, 1.82) is 0 Å². The third-order valence-corrected chi connectivity index (χ3v) is 4.68. The number of sulfone groups is 1. The number of methoxy groups -OCH3 is 1. The van der Waals surface area contributed by atoms with Crippen LogP contribution in [0.4, 0.5) is 0 Å². The lowest BCUT2D eigenvalue weighted by molar-refractivity contribution is -0.147. The Kier molecular flexibility index (Phi) is 5.92. The molecule has 0 bridgehead atoms. The largest absolute Gasteiger partial charge is 0.468 e. The number of nitrogens with two attached hydrogens (primary N) is 1. The fraction of sp³-hybridized carbons (Fsp3) is 0.533. The quantitative estimate of drug-likeness (QED) is 0.764.